The minimum Gasteiger partial charge on any atom is -0.445 e. The molecule has 2 aromatic carbocycles. The van der Waals surface area contributed by atoms with Crippen LogP contribution in [0, 0.1) is 11.8 Å². The van der Waals surface area contributed by atoms with Gasteiger partial charge in [0.05, 0.1) is 12.1 Å². The van der Waals surface area contributed by atoms with Gasteiger partial charge in [0.25, 0.3) is 5.91 Å². The average Bonchev–Trinajstić information content (AvgIpc) is 3.03. The van der Waals surface area contributed by atoms with E-state index in [9.17, 15) is 19.2 Å². The molecule has 12 heteroatoms. The van der Waals surface area contributed by atoms with Crippen LogP contribution in [-0.2, 0) is 32.1 Å². The fourth-order valence-corrected chi connectivity index (χ4v) is 5.09. The molecule has 0 heterocycles. The Bertz CT molecular complexity index is 1280. The molecule has 8 N–H and O–H groups in total. The SMILES string of the molecule is CC(C)C[C@H](N)C(=O)N(C(=O)[C@H](CCCN=C(N)N)NC(=O)OCc1ccccc1)[C@H](CNC(=O)CCCc1ccccc1)C(C)C. The van der Waals surface area contributed by atoms with Crippen molar-refractivity contribution in [3.8, 4) is 0 Å². The van der Waals surface area contributed by atoms with Crippen molar-refractivity contribution in [3.63, 3.8) is 0 Å². The first kappa shape index (κ1) is 38.7. The number of alkyl carbamates (subject to hydrolysis) is 1. The molecule has 0 fully saturated rings. The Morgan fingerprint density at radius 3 is 2.06 bits per heavy atom. The lowest BCUT2D eigenvalue weighted by molar-refractivity contribution is -0.151. The van der Waals surface area contributed by atoms with Gasteiger partial charge in [0.2, 0.25) is 11.8 Å². The Morgan fingerprint density at radius 1 is 0.872 bits per heavy atom. The number of nitrogens with two attached hydrogens (primary N) is 3. The summed E-state index contributed by atoms with van der Waals surface area (Å²) in [5, 5.41) is 5.57. The number of benzene rings is 2. The number of ether oxygens (including phenoxy) is 1. The maximum Gasteiger partial charge on any atom is 0.408 e. The van der Waals surface area contributed by atoms with E-state index >= 15 is 0 Å². The van der Waals surface area contributed by atoms with Gasteiger partial charge in [-0.3, -0.25) is 24.3 Å². The second-order valence-electron chi connectivity index (χ2n) is 12.4. The highest BCUT2D eigenvalue weighted by Gasteiger charge is 2.39. The Hall–Kier alpha value is -4.45. The zero-order chi connectivity index (χ0) is 34.8. The summed E-state index contributed by atoms with van der Waals surface area (Å²) >= 11 is 0. The van der Waals surface area contributed by atoms with Crippen molar-refractivity contribution < 1.29 is 23.9 Å². The molecule has 0 aliphatic rings. The van der Waals surface area contributed by atoms with E-state index in [0.717, 1.165) is 22.4 Å². The molecule has 0 aliphatic carbocycles. The van der Waals surface area contributed by atoms with Gasteiger partial charge in [-0.1, -0.05) is 88.4 Å². The molecule has 0 saturated carbocycles. The highest BCUT2D eigenvalue weighted by molar-refractivity contribution is 6.01. The van der Waals surface area contributed by atoms with Crippen LogP contribution < -0.4 is 27.8 Å². The number of hydrogen-bond acceptors (Lipinski definition) is 7. The number of hydrogen-bond donors (Lipinski definition) is 5. The number of imide groups is 1. The van der Waals surface area contributed by atoms with Crippen LogP contribution in [0.15, 0.2) is 65.7 Å². The second-order valence-corrected chi connectivity index (χ2v) is 12.4. The third-order valence-electron chi connectivity index (χ3n) is 7.59. The summed E-state index contributed by atoms with van der Waals surface area (Å²) in [6.07, 6.45) is 1.67. The molecular formula is C35H53N7O5. The molecule has 0 saturated heterocycles. The van der Waals surface area contributed by atoms with Gasteiger partial charge in [0, 0.05) is 19.5 Å². The second kappa shape index (κ2) is 20.6. The average molecular weight is 652 g/mol. The third kappa shape index (κ3) is 14.7. The van der Waals surface area contributed by atoms with Gasteiger partial charge >= 0.3 is 6.09 Å². The minimum atomic E-state index is -1.15. The van der Waals surface area contributed by atoms with Crippen LogP contribution in [0.2, 0.25) is 0 Å². The number of aliphatic imine (C=N–C) groups is 1. The molecule has 4 amide bonds. The van der Waals surface area contributed by atoms with Crippen LogP contribution in [0.4, 0.5) is 4.79 Å². The van der Waals surface area contributed by atoms with Crippen molar-refractivity contribution in [2.45, 2.75) is 91.0 Å². The Labute approximate surface area is 278 Å². The molecule has 258 valence electrons. The monoisotopic (exact) mass is 651 g/mol. The van der Waals surface area contributed by atoms with E-state index in [1.807, 2.05) is 88.4 Å². The maximum absolute atomic E-state index is 14.3. The smallest absolute Gasteiger partial charge is 0.408 e. The molecule has 12 nitrogen and oxygen atoms in total. The number of nitrogens with one attached hydrogen (secondary N) is 2. The fraction of sp³-hybridized carbons (Fsp3) is 0.514. The van der Waals surface area contributed by atoms with Gasteiger partial charge in [-0.25, -0.2) is 4.79 Å². The number of guanidine groups is 1. The largest absolute Gasteiger partial charge is 0.445 e. The first-order chi connectivity index (χ1) is 22.4. The summed E-state index contributed by atoms with van der Waals surface area (Å²) in [6.45, 7) is 7.84. The van der Waals surface area contributed by atoms with Gasteiger partial charge < -0.3 is 32.6 Å². The molecule has 0 spiro atoms. The Kier molecular flexibility index (Phi) is 17.0. The standard InChI is InChI=1S/C35H53N7O5/c1-24(2)21-28(36)32(44)42(30(25(3)4)22-40-31(43)19-11-17-26-13-7-5-8-14-26)33(45)29(18-12-20-39-34(37)38)41-35(46)47-23-27-15-9-6-10-16-27/h5-10,13-16,24-25,28-30H,11-12,17-23,36H2,1-4H3,(H,40,43)(H,41,46)(H4,37,38,39)/t28-,29-,30+/m0/s1. The van der Waals surface area contributed by atoms with Crippen LogP contribution in [-0.4, -0.2) is 65.9 Å². The molecule has 47 heavy (non-hydrogen) atoms. The van der Waals surface area contributed by atoms with Gasteiger partial charge in [0.1, 0.15) is 12.6 Å². The molecule has 0 unspecified atom stereocenters. The van der Waals surface area contributed by atoms with Crippen LogP contribution in [0.5, 0.6) is 0 Å². The van der Waals surface area contributed by atoms with Crippen molar-refractivity contribution in [2.75, 3.05) is 13.1 Å². The van der Waals surface area contributed by atoms with Crippen LogP contribution in [0.25, 0.3) is 0 Å². The van der Waals surface area contributed by atoms with Gasteiger partial charge in [-0.15, -0.1) is 0 Å². The summed E-state index contributed by atoms with van der Waals surface area (Å²) in [6, 6.07) is 16.2. The van der Waals surface area contributed by atoms with E-state index in [0.29, 0.717) is 19.3 Å². The number of rotatable bonds is 19. The van der Waals surface area contributed by atoms with Crippen molar-refractivity contribution in [1.82, 2.24) is 15.5 Å². The summed E-state index contributed by atoms with van der Waals surface area (Å²) in [4.78, 5) is 59.1. The van der Waals surface area contributed by atoms with Gasteiger partial charge in [-0.05, 0) is 55.1 Å². The number of carbonyl (C=O) groups excluding carboxylic acids is 4. The minimum absolute atomic E-state index is 0.00554. The number of carbonyl (C=O) groups is 4. The zero-order valence-corrected chi connectivity index (χ0v) is 28.2. The number of aryl methyl sites for hydroxylation is 1. The van der Waals surface area contributed by atoms with Crippen LogP contribution >= 0.6 is 0 Å². The van der Waals surface area contributed by atoms with E-state index in [2.05, 4.69) is 15.6 Å². The Morgan fingerprint density at radius 2 is 1.49 bits per heavy atom. The van der Waals surface area contributed by atoms with Crippen LogP contribution in [0.1, 0.15) is 70.9 Å². The van der Waals surface area contributed by atoms with Gasteiger partial charge in [0.15, 0.2) is 5.96 Å². The third-order valence-corrected chi connectivity index (χ3v) is 7.59. The van der Waals surface area contributed by atoms with Crippen molar-refractivity contribution in [2.24, 2.45) is 34.0 Å². The molecule has 2 rings (SSSR count). The molecule has 0 aromatic heterocycles. The van der Waals surface area contributed by atoms with E-state index in [1.54, 1.807) is 0 Å². The van der Waals surface area contributed by atoms with Crippen molar-refractivity contribution >= 4 is 29.8 Å². The predicted molar refractivity (Wildman–Crippen MR) is 184 cm³/mol. The molecule has 3 atom stereocenters. The quantitative estimate of drug-likeness (QED) is 0.0867. The molecule has 2 aromatic rings. The Balaban J connectivity index is 2.27. The summed E-state index contributed by atoms with van der Waals surface area (Å²) in [7, 11) is 0. The normalized spacial score (nSPS) is 12.9. The lowest BCUT2D eigenvalue weighted by atomic mass is 9.97. The molecule has 0 radical (unpaired) electrons. The number of nitrogens with zero attached hydrogens (tertiary/aromatic N) is 2. The van der Waals surface area contributed by atoms with E-state index in [4.69, 9.17) is 21.9 Å². The summed E-state index contributed by atoms with van der Waals surface area (Å²) in [5.74, 6) is -1.66. The van der Waals surface area contributed by atoms with Crippen LogP contribution in [0.3, 0.4) is 0 Å². The van der Waals surface area contributed by atoms with E-state index in [-0.39, 0.29) is 56.2 Å². The maximum atomic E-state index is 14.3. The van der Waals surface area contributed by atoms with E-state index < -0.39 is 36.0 Å². The highest BCUT2D eigenvalue weighted by atomic mass is 16.5. The highest BCUT2D eigenvalue weighted by Crippen LogP contribution is 2.18. The first-order valence-electron chi connectivity index (χ1n) is 16.3. The van der Waals surface area contributed by atoms with Gasteiger partial charge in [-0.2, -0.15) is 0 Å². The molecular weight excluding hydrogens is 598 g/mol. The van der Waals surface area contributed by atoms with Crippen molar-refractivity contribution in [1.29, 1.82) is 0 Å². The summed E-state index contributed by atoms with van der Waals surface area (Å²) in [5.41, 5.74) is 19.2. The zero-order valence-electron chi connectivity index (χ0n) is 28.2. The van der Waals surface area contributed by atoms with E-state index in [1.165, 1.54) is 0 Å². The lowest BCUT2D eigenvalue weighted by Gasteiger charge is -2.37. The topological polar surface area (TPSA) is 195 Å². The lowest BCUT2D eigenvalue weighted by Crippen LogP contribution is -2.61. The molecule has 0 aliphatic heterocycles. The fourth-order valence-electron chi connectivity index (χ4n) is 5.09. The van der Waals surface area contributed by atoms with Crippen molar-refractivity contribution in [3.05, 3.63) is 71.8 Å². The number of amides is 4. The molecule has 0 bridgehead atoms. The predicted octanol–water partition coefficient (Wildman–Crippen LogP) is 3.23. The summed E-state index contributed by atoms with van der Waals surface area (Å²) < 4.78 is 5.39. The first-order valence-corrected chi connectivity index (χ1v) is 16.3.